The molecule has 0 radical (unpaired) electrons. The van der Waals surface area contributed by atoms with Crippen LogP contribution in [0, 0.1) is 5.92 Å². The molecule has 2 fully saturated rings. The minimum Gasteiger partial charge on any atom is -0.384 e. The predicted molar refractivity (Wildman–Crippen MR) is 79.8 cm³/mol. The van der Waals surface area contributed by atoms with Crippen molar-refractivity contribution in [3.63, 3.8) is 0 Å². The van der Waals surface area contributed by atoms with Crippen molar-refractivity contribution in [2.45, 2.75) is 25.7 Å². The van der Waals surface area contributed by atoms with Crippen LogP contribution in [0.4, 0.5) is 11.5 Å². The Morgan fingerprint density at radius 2 is 2.00 bits per heavy atom. The molecule has 0 amide bonds. The Bertz CT molecular complexity index is 378. The third-order valence-electron chi connectivity index (χ3n) is 4.23. The van der Waals surface area contributed by atoms with Crippen LogP contribution in [0.3, 0.4) is 0 Å². The van der Waals surface area contributed by atoms with Crippen LogP contribution < -0.4 is 15.5 Å². The summed E-state index contributed by atoms with van der Waals surface area (Å²) in [6.07, 6.45) is 7.15. The van der Waals surface area contributed by atoms with Crippen LogP contribution in [-0.4, -0.2) is 37.7 Å². The lowest BCUT2D eigenvalue weighted by molar-refractivity contribution is 0.390. The highest BCUT2D eigenvalue weighted by molar-refractivity contribution is 5.49. The fourth-order valence-electron chi connectivity index (χ4n) is 2.97. The van der Waals surface area contributed by atoms with Gasteiger partial charge in [-0.15, -0.1) is 0 Å². The van der Waals surface area contributed by atoms with Gasteiger partial charge in [0.1, 0.15) is 5.82 Å². The molecule has 3 rings (SSSR count). The number of aromatic nitrogens is 1. The highest BCUT2D eigenvalue weighted by Gasteiger charge is 2.14. The molecule has 0 bridgehead atoms. The van der Waals surface area contributed by atoms with Crippen LogP contribution in [0.2, 0.25) is 0 Å². The molecule has 2 aliphatic heterocycles. The molecular weight excluding hydrogens is 236 g/mol. The third kappa shape index (κ3) is 3.38. The third-order valence-corrected chi connectivity index (χ3v) is 4.23. The maximum atomic E-state index is 4.58. The van der Waals surface area contributed by atoms with Crippen LogP contribution in [0.15, 0.2) is 18.3 Å². The van der Waals surface area contributed by atoms with Gasteiger partial charge in [-0.05, 0) is 56.8 Å². The Balaban J connectivity index is 1.50. The highest BCUT2D eigenvalue weighted by Crippen LogP contribution is 2.19. The lowest BCUT2D eigenvalue weighted by Crippen LogP contribution is -2.31. The second-order valence-corrected chi connectivity index (χ2v) is 5.67. The highest BCUT2D eigenvalue weighted by atomic mass is 15.2. The van der Waals surface area contributed by atoms with Crippen LogP contribution in [0.1, 0.15) is 25.7 Å². The molecule has 19 heavy (non-hydrogen) atoms. The Labute approximate surface area is 115 Å². The first kappa shape index (κ1) is 12.7. The maximum absolute atomic E-state index is 4.58. The summed E-state index contributed by atoms with van der Waals surface area (Å²) in [7, 11) is 0. The molecule has 104 valence electrons. The minimum absolute atomic E-state index is 0.805. The lowest BCUT2D eigenvalue weighted by Gasteiger charge is -2.23. The quantitative estimate of drug-likeness (QED) is 0.870. The number of nitrogens with zero attached hydrogens (tertiary/aromatic N) is 2. The van der Waals surface area contributed by atoms with Gasteiger partial charge in [0, 0.05) is 19.6 Å². The number of hydrogen-bond donors (Lipinski definition) is 2. The number of pyridine rings is 1. The van der Waals surface area contributed by atoms with E-state index in [-0.39, 0.29) is 0 Å². The molecule has 0 spiro atoms. The molecule has 2 saturated heterocycles. The van der Waals surface area contributed by atoms with Crippen molar-refractivity contribution >= 4 is 11.5 Å². The van der Waals surface area contributed by atoms with E-state index < -0.39 is 0 Å². The number of anilines is 2. The van der Waals surface area contributed by atoms with Gasteiger partial charge in [0.05, 0.1) is 11.9 Å². The summed E-state index contributed by atoms with van der Waals surface area (Å²) in [6, 6.07) is 4.32. The fraction of sp³-hybridized carbons (Fsp3) is 0.667. The second kappa shape index (κ2) is 6.24. The van der Waals surface area contributed by atoms with Gasteiger partial charge < -0.3 is 15.5 Å². The van der Waals surface area contributed by atoms with Crippen molar-refractivity contribution in [3.8, 4) is 0 Å². The molecule has 1 aromatic rings. The van der Waals surface area contributed by atoms with E-state index in [1.165, 1.54) is 38.8 Å². The van der Waals surface area contributed by atoms with Gasteiger partial charge in [0.25, 0.3) is 0 Å². The molecule has 2 N–H and O–H groups in total. The van der Waals surface area contributed by atoms with E-state index in [4.69, 9.17) is 0 Å². The Morgan fingerprint density at radius 3 is 2.68 bits per heavy atom. The normalized spacial score (nSPS) is 20.7. The average molecular weight is 260 g/mol. The summed E-state index contributed by atoms with van der Waals surface area (Å²) in [5.41, 5.74) is 1.15. The van der Waals surface area contributed by atoms with E-state index in [1.807, 2.05) is 6.20 Å². The van der Waals surface area contributed by atoms with Crippen LogP contribution in [-0.2, 0) is 0 Å². The SMILES string of the molecule is c1cc(N2CCCC2)ncc1NCC1CCNCC1. The zero-order valence-corrected chi connectivity index (χ0v) is 11.6. The van der Waals surface area contributed by atoms with Crippen molar-refractivity contribution < 1.29 is 0 Å². The van der Waals surface area contributed by atoms with Gasteiger partial charge in [-0.3, -0.25) is 0 Å². The summed E-state index contributed by atoms with van der Waals surface area (Å²) >= 11 is 0. The number of rotatable bonds is 4. The van der Waals surface area contributed by atoms with Crippen LogP contribution in [0.5, 0.6) is 0 Å². The molecule has 2 aliphatic rings. The minimum atomic E-state index is 0.805. The van der Waals surface area contributed by atoms with Crippen molar-refractivity contribution in [1.29, 1.82) is 0 Å². The van der Waals surface area contributed by atoms with E-state index in [9.17, 15) is 0 Å². The maximum Gasteiger partial charge on any atom is 0.128 e. The van der Waals surface area contributed by atoms with E-state index in [0.717, 1.165) is 37.1 Å². The molecule has 4 nitrogen and oxygen atoms in total. The topological polar surface area (TPSA) is 40.2 Å². The van der Waals surface area contributed by atoms with Gasteiger partial charge in [-0.1, -0.05) is 0 Å². The first-order chi connectivity index (χ1) is 9.42. The zero-order valence-electron chi connectivity index (χ0n) is 11.6. The molecule has 3 heterocycles. The average Bonchev–Trinajstić information content (AvgIpc) is 3.01. The van der Waals surface area contributed by atoms with Crippen molar-refractivity contribution in [2.75, 3.05) is 42.9 Å². The van der Waals surface area contributed by atoms with E-state index in [1.54, 1.807) is 0 Å². The molecular formula is C15H24N4. The summed E-state index contributed by atoms with van der Waals surface area (Å²) in [6.45, 7) is 5.73. The fourth-order valence-corrected chi connectivity index (χ4v) is 2.97. The summed E-state index contributed by atoms with van der Waals surface area (Å²) < 4.78 is 0. The summed E-state index contributed by atoms with van der Waals surface area (Å²) in [5.74, 6) is 1.93. The lowest BCUT2D eigenvalue weighted by atomic mass is 9.98. The molecule has 0 aromatic carbocycles. The van der Waals surface area contributed by atoms with Gasteiger partial charge in [-0.2, -0.15) is 0 Å². The molecule has 0 saturated carbocycles. The first-order valence-corrected chi connectivity index (χ1v) is 7.57. The molecule has 4 heteroatoms. The van der Waals surface area contributed by atoms with Gasteiger partial charge in [-0.25, -0.2) is 4.98 Å². The largest absolute Gasteiger partial charge is 0.384 e. The van der Waals surface area contributed by atoms with Crippen molar-refractivity contribution in [2.24, 2.45) is 5.92 Å². The second-order valence-electron chi connectivity index (χ2n) is 5.67. The first-order valence-electron chi connectivity index (χ1n) is 7.57. The standard InChI is InChI=1S/C15H24N4/c1-2-10-19(9-1)15-4-3-14(12-18-15)17-11-13-5-7-16-8-6-13/h3-4,12-13,16-17H,1-2,5-11H2. The van der Waals surface area contributed by atoms with E-state index in [2.05, 4.69) is 32.7 Å². The summed E-state index contributed by atoms with van der Waals surface area (Å²) in [5, 5.41) is 6.93. The molecule has 0 aliphatic carbocycles. The monoisotopic (exact) mass is 260 g/mol. The van der Waals surface area contributed by atoms with E-state index in [0.29, 0.717) is 0 Å². The molecule has 0 unspecified atom stereocenters. The van der Waals surface area contributed by atoms with Gasteiger partial charge in [0.2, 0.25) is 0 Å². The van der Waals surface area contributed by atoms with E-state index >= 15 is 0 Å². The van der Waals surface area contributed by atoms with Gasteiger partial charge >= 0.3 is 0 Å². The van der Waals surface area contributed by atoms with Crippen molar-refractivity contribution in [1.82, 2.24) is 10.3 Å². The Morgan fingerprint density at radius 1 is 1.21 bits per heavy atom. The smallest absolute Gasteiger partial charge is 0.128 e. The van der Waals surface area contributed by atoms with Gasteiger partial charge in [0.15, 0.2) is 0 Å². The van der Waals surface area contributed by atoms with Crippen LogP contribution >= 0.6 is 0 Å². The Hall–Kier alpha value is -1.29. The number of nitrogens with one attached hydrogen (secondary N) is 2. The van der Waals surface area contributed by atoms with Crippen molar-refractivity contribution in [3.05, 3.63) is 18.3 Å². The Kier molecular flexibility index (Phi) is 4.18. The number of hydrogen-bond acceptors (Lipinski definition) is 4. The summed E-state index contributed by atoms with van der Waals surface area (Å²) in [4.78, 5) is 6.95. The number of piperidine rings is 1. The zero-order chi connectivity index (χ0) is 12.9. The van der Waals surface area contributed by atoms with Crippen LogP contribution in [0.25, 0.3) is 0 Å². The predicted octanol–water partition coefficient (Wildman–Crippen LogP) is 2.09. The molecule has 0 atom stereocenters. The molecule has 1 aromatic heterocycles.